The minimum Gasteiger partial charge on any atom is -0.457 e. The van der Waals surface area contributed by atoms with E-state index in [1.165, 1.54) is 11.3 Å². The first kappa shape index (κ1) is 18.4. The number of carbonyl (C=O) groups is 2. The third-order valence-corrected chi connectivity index (χ3v) is 5.61. The molecule has 1 heterocycles. The SMILES string of the molecule is CC1(C)CC(=O)c2sc(NC(=O)c3ccc(Oc4ccccc4)cc3)nc2C1. The first-order chi connectivity index (χ1) is 13.4. The lowest BCUT2D eigenvalue weighted by atomic mass is 9.78. The van der Waals surface area contributed by atoms with Gasteiger partial charge >= 0.3 is 0 Å². The van der Waals surface area contributed by atoms with Crippen molar-refractivity contribution < 1.29 is 14.3 Å². The summed E-state index contributed by atoms with van der Waals surface area (Å²) in [6.07, 6.45) is 1.25. The van der Waals surface area contributed by atoms with Crippen molar-refractivity contribution in [2.24, 2.45) is 5.41 Å². The van der Waals surface area contributed by atoms with E-state index >= 15 is 0 Å². The van der Waals surface area contributed by atoms with Crippen LogP contribution in [-0.2, 0) is 6.42 Å². The van der Waals surface area contributed by atoms with Gasteiger partial charge in [0.05, 0.1) is 10.6 Å². The van der Waals surface area contributed by atoms with E-state index < -0.39 is 0 Å². The summed E-state index contributed by atoms with van der Waals surface area (Å²) in [5.74, 6) is 1.23. The molecule has 0 spiro atoms. The van der Waals surface area contributed by atoms with Crippen molar-refractivity contribution in [3.8, 4) is 11.5 Å². The average molecular weight is 392 g/mol. The number of para-hydroxylation sites is 1. The molecule has 0 atom stereocenters. The second kappa shape index (κ2) is 7.20. The quantitative estimate of drug-likeness (QED) is 0.650. The number of aromatic nitrogens is 1. The molecular formula is C22H20N2O3S. The topological polar surface area (TPSA) is 68.3 Å². The van der Waals surface area contributed by atoms with Crippen LogP contribution in [0.1, 0.15) is 46.0 Å². The van der Waals surface area contributed by atoms with Gasteiger partial charge in [0.15, 0.2) is 10.9 Å². The first-order valence-corrected chi connectivity index (χ1v) is 9.88. The maximum atomic E-state index is 12.5. The number of thiazole rings is 1. The van der Waals surface area contributed by atoms with Crippen molar-refractivity contribution in [1.29, 1.82) is 0 Å². The number of hydrogen-bond acceptors (Lipinski definition) is 5. The second-order valence-corrected chi connectivity index (χ2v) is 8.63. The highest BCUT2D eigenvalue weighted by Gasteiger charge is 2.34. The van der Waals surface area contributed by atoms with E-state index in [-0.39, 0.29) is 17.1 Å². The van der Waals surface area contributed by atoms with Crippen LogP contribution >= 0.6 is 11.3 Å². The van der Waals surface area contributed by atoms with Crippen LogP contribution in [-0.4, -0.2) is 16.7 Å². The number of hydrogen-bond donors (Lipinski definition) is 1. The Morgan fingerprint density at radius 2 is 1.71 bits per heavy atom. The van der Waals surface area contributed by atoms with Gasteiger partial charge in [0, 0.05) is 12.0 Å². The Bertz CT molecular complexity index is 1020. The third kappa shape index (κ3) is 3.97. The molecule has 0 aliphatic heterocycles. The Morgan fingerprint density at radius 3 is 2.43 bits per heavy atom. The molecule has 1 amide bonds. The van der Waals surface area contributed by atoms with Crippen LogP contribution in [0.15, 0.2) is 54.6 Å². The van der Waals surface area contributed by atoms with Crippen LogP contribution in [0.25, 0.3) is 0 Å². The monoisotopic (exact) mass is 392 g/mol. The number of rotatable bonds is 4. The van der Waals surface area contributed by atoms with E-state index in [0.29, 0.717) is 27.7 Å². The van der Waals surface area contributed by atoms with Gasteiger partial charge in [0.25, 0.3) is 5.91 Å². The van der Waals surface area contributed by atoms with Gasteiger partial charge in [0.2, 0.25) is 0 Å². The molecule has 0 bridgehead atoms. The maximum Gasteiger partial charge on any atom is 0.257 e. The van der Waals surface area contributed by atoms with E-state index in [0.717, 1.165) is 17.9 Å². The van der Waals surface area contributed by atoms with Crippen LogP contribution in [0.5, 0.6) is 11.5 Å². The van der Waals surface area contributed by atoms with Gasteiger partial charge in [-0.3, -0.25) is 14.9 Å². The molecule has 1 aromatic heterocycles. The number of ether oxygens (including phenoxy) is 1. The third-order valence-electron chi connectivity index (χ3n) is 4.55. The molecule has 5 nitrogen and oxygen atoms in total. The first-order valence-electron chi connectivity index (χ1n) is 9.07. The molecule has 2 aromatic carbocycles. The number of ketones is 1. The fourth-order valence-corrected chi connectivity index (χ4v) is 4.16. The van der Waals surface area contributed by atoms with E-state index in [1.807, 2.05) is 30.3 Å². The maximum absolute atomic E-state index is 12.5. The zero-order valence-corrected chi connectivity index (χ0v) is 16.5. The predicted octanol–water partition coefficient (Wildman–Crippen LogP) is 5.34. The lowest BCUT2D eigenvalue weighted by Gasteiger charge is -2.26. The number of nitrogens with one attached hydrogen (secondary N) is 1. The van der Waals surface area contributed by atoms with Crippen LogP contribution in [0, 0.1) is 5.41 Å². The Labute approximate surface area is 167 Å². The molecule has 0 saturated heterocycles. The van der Waals surface area contributed by atoms with Crippen molar-refractivity contribution in [2.75, 3.05) is 5.32 Å². The normalized spacial score (nSPS) is 15.0. The van der Waals surface area contributed by atoms with Crippen molar-refractivity contribution in [2.45, 2.75) is 26.7 Å². The van der Waals surface area contributed by atoms with Crippen LogP contribution < -0.4 is 10.1 Å². The number of Topliss-reactive ketones (excluding diaryl/α,β-unsaturated/α-hetero) is 1. The molecular weight excluding hydrogens is 372 g/mol. The fourth-order valence-electron chi connectivity index (χ4n) is 3.24. The van der Waals surface area contributed by atoms with Gasteiger partial charge in [-0.2, -0.15) is 0 Å². The van der Waals surface area contributed by atoms with Crippen LogP contribution in [0.2, 0.25) is 0 Å². The van der Waals surface area contributed by atoms with E-state index in [2.05, 4.69) is 24.1 Å². The molecule has 0 radical (unpaired) electrons. The minimum atomic E-state index is -0.260. The molecule has 6 heteroatoms. The number of fused-ring (bicyclic) bond motifs is 1. The molecule has 3 aromatic rings. The number of carbonyl (C=O) groups excluding carboxylic acids is 2. The van der Waals surface area contributed by atoms with Crippen molar-refractivity contribution in [1.82, 2.24) is 4.98 Å². The molecule has 1 N–H and O–H groups in total. The molecule has 0 unspecified atom stereocenters. The largest absolute Gasteiger partial charge is 0.457 e. The standard InChI is InChI=1S/C22H20N2O3S/c1-22(2)12-17-19(18(25)13-22)28-21(23-17)24-20(26)14-8-10-16(11-9-14)27-15-6-4-3-5-7-15/h3-11H,12-13H2,1-2H3,(H,23,24,26). The molecule has 1 aliphatic carbocycles. The summed E-state index contributed by atoms with van der Waals surface area (Å²) in [6, 6.07) is 16.4. The number of anilines is 1. The summed E-state index contributed by atoms with van der Waals surface area (Å²) in [6.45, 7) is 4.12. The Kier molecular flexibility index (Phi) is 4.73. The Hall–Kier alpha value is -2.99. The lowest BCUT2D eigenvalue weighted by molar-refractivity contribution is 0.0915. The molecule has 0 fully saturated rings. The highest BCUT2D eigenvalue weighted by molar-refractivity contribution is 7.17. The summed E-state index contributed by atoms with van der Waals surface area (Å²) in [4.78, 5) is 30.0. The van der Waals surface area contributed by atoms with Gasteiger partial charge in [-0.05, 0) is 48.2 Å². The predicted molar refractivity (Wildman–Crippen MR) is 109 cm³/mol. The molecule has 0 saturated carbocycles. The molecule has 142 valence electrons. The van der Waals surface area contributed by atoms with E-state index in [9.17, 15) is 9.59 Å². The lowest BCUT2D eigenvalue weighted by Crippen LogP contribution is -2.26. The summed E-state index contributed by atoms with van der Waals surface area (Å²) in [5.41, 5.74) is 1.20. The van der Waals surface area contributed by atoms with E-state index in [4.69, 9.17) is 4.74 Å². The van der Waals surface area contributed by atoms with Gasteiger partial charge in [-0.15, -0.1) is 0 Å². The number of nitrogens with zero attached hydrogens (tertiary/aromatic N) is 1. The summed E-state index contributed by atoms with van der Waals surface area (Å²) < 4.78 is 5.74. The molecule has 28 heavy (non-hydrogen) atoms. The zero-order chi connectivity index (χ0) is 19.7. The Morgan fingerprint density at radius 1 is 1.04 bits per heavy atom. The summed E-state index contributed by atoms with van der Waals surface area (Å²) >= 11 is 1.25. The highest BCUT2D eigenvalue weighted by Crippen LogP contribution is 2.38. The molecule has 4 rings (SSSR count). The van der Waals surface area contributed by atoms with Gasteiger partial charge in [-0.1, -0.05) is 43.4 Å². The fraction of sp³-hybridized carbons (Fsp3) is 0.227. The minimum absolute atomic E-state index is 0.0893. The van der Waals surface area contributed by atoms with Crippen molar-refractivity contribution in [3.05, 3.63) is 70.7 Å². The van der Waals surface area contributed by atoms with Gasteiger partial charge < -0.3 is 4.74 Å². The van der Waals surface area contributed by atoms with Crippen molar-refractivity contribution >= 4 is 28.2 Å². The summed E-state index contributed by atoms with van der Waals surface area (Å²) in [5, 5.41) is 3.27. The zero-order valence-electron chi connectivity index (χ0n) is 15.7. The number of benzene rings is 2. The molecule has 1 aliphatic rings. The summed E-state index contributed by atoms with van der Waals surface area (Å²) in [7, 11) is 0. The van der Waals surface area contributed by atoms with E-state index in [1.54, 1.807) is 24.3 Å². The van der Waals surface area contributed by atoms with Crippen LogP contribution in [0.4, 0.5) is 5.13 Å². The van der Waals surface area contributed by atoms with Crippen molar-refractivity contribution in [3.63, 3.8) is 0 Å². The van der Waals surface area contributed by atoms with Crippen LogP contribution in [0.3, 0.4) is 0 Å². The average Bonchev–Trinajstić information content (AvgIpc) is 3.04. The van der Waals surface area contributed by atoms with Gasteiger partial charge in [0.1, 0.15) is 11.5 Å². The van der Waals surface area contributed by atoms with Gasteiger partial charge in [-0.25, -0.2) is 4.98 Å². The Balaban J connectivity index is 1.45. The smallest absolute Gasteiger partial charge is 0.257 e. The second-order valence-electron chi connectivity index (χ2n) is 7.63. The number of amides is 1. The highest BCUT2D eigenvalue weighted by atomic mass is 32.1.